The Morgan fingerprint density at radius 3 is 2.26 bits per heavy atom. The van der Waals surface area contributed by atoms with Crippen LogP contribution >= 0.6 is 24.8 Å². The number of allylic oxidation sites excluding steroid dienone is 1. The largest absolute Gasteiger partial charge is 0.391 e. The Morgan fingerprint density at radius 1 is 1.22 bits per heavy atom. The molecule has 7 heteroatoms. The minimum atomic E-state index is -0.711. The second kappa shape index (κ2) is 13.8. The minimum absolute atomic E-state index is 0. The van der Waals surface area contributed by atoms with Gasteiger partial charge in [0.25, 0.3) is 0 Å². The standard InChI is InChI=1S/C20H39N3O2.2ClH/c1-20(2,14-23(3)4)11-10-16(19(22)25)13-18(24)17(21)12-15-8-6-5-7-9-15;;/h10,15,17-18,24H,5-9,11-14,21H2,1-4H3,(H2,22,25);2*1H/b16-10-;;. The summed E-state index contributed by atoms with van der Waals surface area (Å²) in [6.45, 7) is 5.24. The molecular weight excluding hydrogens is 385 g/mol. The van der Waals surface area contributed by atoms with Gasteiger partial charge in [-0.1, -0.05) is 52.0 Å². The van der Waals surface area contributed by atoms with Crippen LogP contribution in [0.2, 0.25) is 0 Å². The molecule has 1 saturated carbocycles. The van der Waals surface area contributed by atoms with Crippen LogP contribution in [-0.4, -0.2) is 48.7 Å². The highest BCUT2D eigenvalue weighted by Gasteiger charge is 2.24. The molecule has 27 heavy (non-hydrogen) atoms. The van der Waals surface area contributed by atoms with E-state index in [0.717, 1.165) is 19.4 Å². The van der Waals surface area contributed by atoms with Crippen LogP contribution in [0.3, 0.4) is 0 Å². The van der Waals surface area contributed by atoms with Gasteiger partial charge in [-0.05, 0) is 38.3 Å². The molecule has 0 aromatic carbocycles. The third-order valence-electron chi connectivity index (χ3n) is 5.22. The van der Waals surface area contributed by atoms with E-state index in [2.05, 4.69) is 18.7 Å². The van der Waals surface area contributed by atoms with E-state index in [4.69, 9.17) is 11.5 Å². The zero-order chi connectivity index (χ0) is 19.0. The van der Waals surface area contributed by atoms with E-state index in [9.17, 15) is 9.90 Å². The smallest absolute Gasteiger partial charge is 0.244 e. The molecule has 1 aliphatic rings. The third-order valence-corrected chi connectivity index (χ3v) is 5.22. The van der Waals surface area contributed by atoms with Gasteiger partial charge in [0.05, 0.1) is 6.10 Å². The number of nitrogens with zero attached hydrogens (tertiary/aromatic N) is 1. The summed E-state index contributed by atoms with van der Waals surface area (Å²) in [6, 6.07) is -0.291. The molecule has 162 valence electrons. The van der Waals surface area contributed by atoms with E-state index >= 15 is 0 Å². The highest BCUT2D eigenvalue weighted by Crippen LogP contribution is 2.28. The monoisotopic (exact) mass is 425 g/mol. The Morgan fingerprint density at radius 2 is 1.78 bits per heavy atom. The number of aliphatic hydroxyl groups excluding tert-OH is 1. The first-order valence-corrected chi connectivity index (χ1v) is 9.68. The van der Waals surface area contributed by atoms with Crippen molar-refractivity contribution in [2.24, 2.45) is 22.8 Å². The second-order valence-corrected chi connectivity index (χ2v) is 8.87. The highest BCUT2D eigenvalue weighted by atomic mass is 35.5. The maximum atomic E-state index is 11.8. The SMILES string of the molecule is CN(C)CC(C)(C)C/C=C(/CC(O)C(N)CC1CCCCC1)C(N)=O.Cl.Cl. The van der Waals surface area contributed by atoms with E-state index in [-0.39, 0.29) is 42.7 Å². The second-order valence-electron chi connectivity index (χ2n) is 8.87. The Bertz CT molecular complexity index is 451. The van der Waals surface area contributed by atoms with Gasteiger partial charge >= 0.3 is 0 Å². The summed E-state index contributed by atoms with van der Waals surface area (Å²) in [5.41, 5.74) is 12.3. The molecular formula is C20H41Cl2N3O2. The van der Waals surface area contributed by atoms with Crippen LogP contribution in [0.25, 0.3) is 0 Å². The summed E-state index contributed by atoms with van der Waals surface area (Å²) in [7, 11) is 4.07. The van der Waals surface area contributed by atoms with Crippen LogP contribution in [0.1, 0.15) is 65.2 Å². The number of carbonyl (C=O) groups excluding carboxylic acids is 1. The fourth-order valence-corrected chi connectivity index (χ4v) is 3.95. The van der Waals surface area contributed by atoms with Crippen molar-refractivity contribution in [2.45, 2.75) is 77.4 Å². The molecule has 0 bridgehead atoms. The lowest BCUT2D eigenvalue weighted by atomic mass is 9.83. The molecule has 0 aliphatic heterocycles. The Labute approximate surface area is 178 Å². The van der Waals surface area contributed by atoms with Gasteiger partial charge in [-0.15, -0.1) is 24.8 Å². The van der Waals surface area contributed by atoms with Crippen molar-refractivity contribution in [3.8, 4) is 0 Å². The number of halogens is 2. The zero-order valence-corrected chi connectivity index (χ0v) is 19.1. The van der Waals surface area contributed by atoms with Crippen LogP contribution in [0.5, 0.6) is 0 Å². The number of hydrogen-bond donors (Lipinski definition) is 3. The summed E-state index contributed by atoms with van der Waals surface area (Å²) in [5.74, 6) is 0.156. The third kappa shape index (κ3) is 12.0. The minimum Gasteiger partial charge on any atom is -0.391 e. The van der Waals surface area contributed by atoms with Crippen LogP contribution < -0.4 is 11.5 Å². The van der Waals surface area contributed by atoms with Crippen LogP contribution in [-0.2, 0) is 4.79 Å². The van der Waals surface area contributed by atoms with Gasteiger partial charge in [0.15, 0.2) is 0 Å². The molecule has 5 N–H and O–H groups in total. The van der Waals surface area contributed by atoms with Crippen molar-refractivity contribution in [1.82, 2.24) is 4.90 Å². The van der Waals surface area contributed by atoms with Gasteiger partial charge in [-0.25, -0.2) is 0 Å². The lowest BCUT2D eigenvalue weighted by molar-refractivity contribution is -0.115. The van der Waals surface area contributed by atoms with E-state index in [1.165, 1.54) is 32.1 Å². The predicted octanol–water partition coefficient (Wildman–Crippen LogP) is 3.27. The van der Waals surface area contributed by atoms with Gasteiger partial charge in [-0.3, -0.25) is 4.79 Å². The van der Waals surface area contributed by atoms with Gasteiger partial charge < -0.3 is 21.5 Å². The topological polar surface area (TPSA) is 92.6 Å². The molecule has 1 rings (SSSR count). The van der Waals surface area contributed by atoms with Crippen molar-refractivity contribution in [2.75, 3.05) is 20.6 Å². The molecule has 0 saturated heterocycles. The quantitative estimate of drug-likeness (QED) is 0.468. The van der Waals surface area contributed by atoms with Crippen LogP contribution in [0, 0.1) is 11.3 Å². The molecule has 5 nitrogen and oxygen atoms in total. The Hall–Kier alpha value is -0.330. The van der Waals surface area contributed by atoms with Crippen molar-refractivity contribution in [3.63, 3.8) is 0 Å². The lowest BCUT2D eigenvalue weighted by Gasteiger charge is -2.28. The van der Waals surface area contributed by atoms with Crippen LogP contribution in [0.4, 0.5) is 0 Å². The molecule has 2 atom stereocenters. The Kier molecular flexibility index (Phi) is 14.7. The average Bonchev–Trinajstić information content (AvgIpc) is 2.50. The van der Waals surface area contributed by atoms with E-state index in [1.54, 1.807) is 0 Å². The predicted molar refractivity (Wildman–Crippen MR) is 119 cm³/mol. The maximum Gasteiger partial charge on any atom is 0.244 e. The molecule has 1 fully saturated rings. The number of hydrogen-bond acceptors (Lipinski definition) is 4. The van der Waals surface area contributed by atoms with Crippen molar-refractivity contribution < 1.29 is 9.90 Å². The van der Waals surface area contributed by atoms with Crippen molar-refractivity contribution >= 4 is 30.7 Å². The fourth-order valence-electron chi connectivity index (χ4n) is 3.95. The summed E-state index contributed by atoms with van der Waals surface area (Å²) >= 11 is 0. The zero-order valence-electron chi connectivity index (χ0n) is 17.4. The number of amides is 1. The van der Waals surface area contributed by atoms with Crippen LogP contribution in [0.15, 0.2) is 11.6 Å². The number of primary amides is 1. The van der Waals surface area contributed by atoms with E-state index in [0.29, 0.717) is 11.5 Å². The van der Waals surface area contributed by atoms with Crippen molar-refractivity contribution in [3.05, 3.63) is 11.6 Å². The highest BCUT2D eigenvalue weighted by molar-refractivity contribution is 5.91. The summed E-state index contributed by atoms with van der Waals surface area (Å²) < 4.78 is 0. The number of nitrogens with two attached hydrogens (primary N) is 2. The number of carbonyl (C=O) groups is 1. The molecule has 1 aliphatic carbocycles. The molecule has 0 aromatic heterocycles. The van der Waals surface area contributed by atoms with Gasteiger partial charge in [0.2, 0.25) is 5.91 Å². The number of rotatable bonds is 10. The number of aliphatic hydroxyl groups is 1. The fraction of sp³-hybridized carbons (Fsp3) is 0.850. The molecule has 0 spiro atoms. The van der Waals surface area contributed by atoms with E-state index in [1.807, 2.05) is 20.2 Å². The lowest BCUT2D eigenvalue weighted by Crippen LogP contribution is -2.38. The molecule has 1 amide bonds. The van der Waals surface area contributed by atoms with Gasteiger partial charge in [0.1, 0.15) is 0 Å². The Balaban J connectivity index is 0. The first-order chi connectivity index (χ1) is 11.6. The summed E-state index contributed by atoms with van der Waals surface area (Å²) in [6.07, 6.45) is 9.26. The molecule has 0 aromatic rings. The molecule has 0 radical (unpaired) electrons. The normalized spacial score (nSPS) is 18.4. The molecule has 2 unspecified atom stereocenters. The summed E-state index contributed by atoms with van der Waals surface area (Å²) in [4.78, 5) is 13.9. The maximum absolute atomic E-state index is 11.8. The first-order valence-electron chi connectivity index (χ1n) is 9.68. The average molecular weight is 426 g/mol. The van der Waals surface area contributed by atoms with E-state index < -0.39 is 12.0 Å². The first kappa shape index (κ1) is 28.9. The van der Waals surface area contributed by atoms with Gasteiger partial charge in [0, 0.05) is 24.6 Å². The molecule has 0 heterocycles. The summed E-state index contributed by atoms with van der Waals surface area (Å²) in [5, 5.41) is 10.5. The van der Waals surface area contributed by atoms with Crippen molar-refractivity contribution in [1.29, 1.82) is 0 Å². The van der Waals surface area contributed by atoms with Gasteiger partial charge in [-0.2, -0.15) is 0 Å².